The van der Waals surface area contributed by atoms with Crippen LogP contribution in [0.3, 0.4) is 0 Å². The molecule has 1 aliphatic carbocycles. The third kappa shape index (κ3) is 3.42. The van der Waals surface area contributed by atoms with E-state index in [4.69, 9.17) is 0 Å². The van der Waals surface area contributed by atoms with E-state index in [9.17, 15) is 0 Å². The molecule has 1 aromatic heterocycles. The molecule has 0 saturated heterocycles. The van der Waals surface area contributed by atoms with Gasteiger partial charge in [-0.15, -0.1) is 0 Å². The minimum Gasteiger partial charge on any atom is -0.257 e. The fraction of sp³-hybridized carbons (Fsp3) is 0.562. The molecular weight excluding hydrogens is 206 g/mol. The Hall–Kier alpha value is -1.11. The molecule has 1 nitrogen and oxygen atoms in total. The number of allylic oxidation sites excluding steroid dienone is 2. The van der Waals surface area contributed by atoms with Crippen LogP contribution >= 0.6 is 0 Å². The van der Waals surface area contributed by atoms with Crippen molar-refractivity contribution in [3.8, 4) is 0 Å². The average molecular weight is 229 g/mol. The molecule has 0 aromatic carbocycles. The van der Waals surface area contributed by atoms with Crippen molar-refractivity contribution in [2.75, 3.05) is 0 Å². The van der Waals surface area contributed by atoms with E-state index in [1.54, 1.807) is 0 Å². The summed E-state index contributed by atoms with van der Waals surface area (Å²) in [6.45, 7) is 4.33. The summed E-state index contributed by atoms with van der Waals surface area (Å²) in [6, 6.07) is 4.46. The van der Waals surface area contributed by atoms with Gasteiger partial charge in [-0.05, 0) is 49.0 Å². The summed E-state index contributed by atoms with van der Waals surface area (Å²) < 4.78 is 0. The van der Waals surface area contributed by atoms with Gasteiger partial charge in [-0.2, -0.15) is 0 Å². The van der Waals surface area contributed by atoms with E-state index in [2.05, 4.69) is 37.0 Å². The summed E-state index contributed by atoms with van der Waals surface area (Å²) >= 11 is 0. The van der Waals surface area contributed by atoms with E-state index in [-0.39, 0.29) is 0 Å². The highest BCUT2D eigenvalue weighted by Gasteiger charge is 2.15. The summed E-state index contributed by atoms with van der Waals surface area (Å²) in [4.78, 5) is 4.46. The Kier molecular flexibility index (Phi) is 4.36. The Morgan fingerprint density at radius 1 is 1.41 bits per heavy atom. The zero-order chi connectivity index (χ0) is 12.1. The lowest BCUT2D eigenvalue weighted by Gasteiger charge is -2.10. The molecule has 2 rings (SSSR count). The van der Waals surface area contributed by atoms with Gasteiger partial charge < -0.3 is 0 Å². The second-order valence-electron chi connectivity index (χ2n) is 5.20. The number of hydrogen-bond donors (Lipinski definition) is 0. The van der Waals surface area contributed by atoms with Gasteiger partial charge in [0.05, 0.1) is 5.69 Å². The van der Waals surface area contributed by atoms with E-state index in [1.165, 1.54) is 43.2 Å². The van der Waals surface area contributed by atoms with Crippen molar-refractivity contribution in [2.45, 2.75) is 52.4 Å². The van der Waals surface area contributed by atoms with Crippen LogP contribution in [0.4, 0.5) is 0 Å². The Bertz CT molecular complexity index is 386. The van der Waals surface area contributed by atoms with Crippen molar-refractivity contribution >= 4 is 5.57 Å². The van der Waals surface area contributed by atoms with Crippen LogP contribution in [0.1, 0.15) is 57.2 Å². The Labute approximate surface area is 105 Å². The number of hydrogen-bond acceptors (Lipinski definition) is 1. The standard InChI is InChI=1S/C16H23N/c1-3-6-13(2)16-12-15(9-10-17-16)11-14-7-4-5-8-14/h6,9-10,12,14H,3-5,7-8,11H2,1-2H3/b13-6+. The normalized spacial score (nSPS) is 17.6. The first kappa shape index (κ1) is 12.3. The van der Waals surface area contributed by atoms with Crippen molar-refractivity contribution in [1.82, 2.24) is 4.98 Å². The molecule has 1 aromatic rings. The maximum atomic E-state index is 4.46. The largest absolute Gasteiger partial charge is 0.257 e. The van der Waals surface area contributed by atoms with Crippen LogP contribution in [0.2, 0.25) is 0 Å². The zero-order valence-electron chi connectivity index (χ0n) is 11.1. The third-order valence-corrected chi connectivity index (χ3v) is 3.74. The third-order valence-electron chi connectivity index (χ3n) is 3.74. The second-order valence-corrected chi connectivity index (χ2v) is 5.20. The van der Waals surface area contributed by atoms with Gasteiger partial charge in [0.2, 0.25) is 0 Å². The van der Waals surface area contributed by atoms with Crippen molar-refractivity contribution < 1.29 is 0 Å². The van der Waals surface area contributed by atoms with Crippen LogP contribution in [0.5, 0.6) is 0 Å². The summed E-state index contributed by atoms with van der Waals surface area (Å²) in [6.07, 6.45) is 12.2. The molecule has 0 amide bonds. The average Bonchev–Trinajstić information content (AvgIpc) is 2.82. The summed E-state index contributed by atoms with van der Waals surface area (Å²) in [5.74, 6) is 0.917. The molecule has 0 aliphatic heterocycles. The van der Waals surface area contributed by atoms with Gasteiger partial charge in [-0.25, -0.2) is 0 Å². The Morgan fingerprint density at radius 2 is 2.18 bits per heavy atom. The minimum atomic E-state index is 0.917. The highest BCUT2D eigenvalue weighted by molar-refractivity contribution is 5.60. The molecule has 0 unspecified atom stereocenters. The second kappa shape index (κ2) is 6.00. The Balaban J connectivity index is 2.08. The number of pyridine rings is 1. The molecule has 0 spiro atoms. The van der Waals surface area contributed by atoms with E-state index in [0.717, 1.165) is 18.0 Å². The highest BCUT2D eigenvalue weighted by atomic mass is 14.7. The first-order valence-corrected chi connectivity index (χ1v) is 6.91. The molecule has 92 valence electrons. The van der Waals surface area contributed by atoms with E-state index >= 15 is 0 Å². The van der Waals surface area contributed by atoms with Gasteiger partial charge in [0.15, 0.2) is 0 Å². The molecule has 1 aliphatic rings. The van der Waals surface area contributed by atoms with Crippen LogP contribution in [-0.2, 0) is 6.42 Å². The van der Waals surface area contributed by atoms with Gasteiger partial charge in [0, 0.05) is 6.20 Å². The molecule has 0 radical (unpaired) electrons. The van der Waals surface area contributed by atoms with Crippen molar-refractivity contribution in [3.05, 3.63) is 35.7 Å². The fourth-order valence-electron chi connectivity index (χ4n) is 2.78. The lowest BCUT2D eigenvalue weighted by molar-refractivity contribution is 0.546. The first-order valence-electron chi connectivity index (χ1n) is 6.91. The van der Waals surface area contributed by atoms with E-state index in [0.29, 0.717) is 0 Å². The summed E-state index contributed by atoms with van der Waals surface area (Å²) in [5, 5.41) is 0. The lowest BCUT2D eigenvalue weighted by Crippen LogP contribution is -2.00. The Morgan fingerprint density at radius 3 is 2.88 bits per heavy atom. The van der Waals surface area contributed by atoms with Crippen LogP contribution in [0.15, 0.2) is 24.4 Å². The van der Waals surface area contributed by atoms with Gasteiger partial charge in [0.25, 0.3) is 0 Å². The SMILES string of the molecule is CC/C=C(\C)c1cc(CC2CCCC2)ccn1. The van der Waals surface area contributed by atoms with Crippen molar-refractivity contribution in [2.24, 2.45) is 5.92 Å². The van der Waals surface area contributed by atoms with Crippen LogP contribution < -0.4 is 0 Å². The molecule has 1 heteroatoms. The topological polar surface area (TPSA) is 12.9 Å². The quantitative estimate of drug-likeness (QED) is 0.733. The molecule has 0 bridgehead atoms. The number of rotatable bonds is 4. The maximum absolute atomic E-state index is 4.46. The molecule has 1 saturated carbocycles. The lowest BCUT2D eigenvalue weighted by atomic mass is 9.97. The maximum Gasteiger partial charge on any atom is 0.0658 e. The molecular formula is C16H23N. The van der Waals surface area contributed by atoms with Gasteiger partial charge >= 0.3 is 0 Å². The summed E-state index contributed by atoms with van der Waals surface area (Å²) in [5.41, 5.74) is 3.92. The number of nitrogens with zero attached hydrogens (tertiary/aromatic N) is 1. The van der Waals surface area contributed by atoms with Gasteiger partial charge in [-0.1, -0.05) is 38.7 Å². The van der Waals surface area contributed by atoms with Crippen molar-refractivity contribution in [1.29, 1.82) is 0 Å². The minimum absolute atomic E-state index is 0.917. The monoisotopic (exact) mass is 229 g/mol. The smallest absolute Gasteiger partial charge is 0.0658 e. The predicted octanol–water partition coefficient (Wildman–Crippen LogP) is 4.63. The first-order chi connectivity index (χ1) is 8.29. The molecule has 1 heterocycles. The highest BCUT2D eigenvalue weighted by Crippen LogP contribution is 2.28. The molecule has 17 heavy (non-hydrogen) atoms. The van der Waals surface area contributed by atoms with Crippen LogP contribution in [0, 0.1) is 5.92 Å². The predicted molar refractivity (Wildman–Crippen MR) is 73.8 cm³/mol. The molecule has 0 N–H and O–H groups in total. The van der Waals surface area contributed by atoms with Gasteiger partial charge in [0.1, 0.15) is 0 Å². The van der Waals surface area contributed by atoms with Crippen LogP contribution in [0.25, 0.3) is 5.57 Å². The summed E-state index contributed by atoms with van der Waals surface area (Å²) in [7, 11) is 0. The van der Waals surface area contributed by atoms with Crippen molar-refractivity contribution in [3.63, 3.8) is 0 Å². The molecule has 1 fully saturated rings. The molecule has 0 atom stereocenters. The fourth-order valence-corrected chi connectivity index (χ4v) is 2.78. The van der Waals surface area contributed by atoms with E-state index in [1.807, 2.05) is 6.20 Å². The van der Waals surface area contributed by atoms with Crippen LogP contribution in [-0.4, -0.2) is 4.98 Å². The zero-order valence-corrected chi connectivity index (χ0v) is 11.1. The van der Waals surface area contributed by atoms with Gasteiger partial charge in [-0.3, -0.25) is 4.98 Å². The number of aromatic nitrogens is 1. The van der Waals surface area contributed by atoms with E-state index < -0.39 is 0 Å².